The largest absolute Gasteiger partial charge is 0.490 e. The van der Waals surface area contributed by atoms with Gasteiger partial charge in [-0.3, -0.25) is 4.79 Å². The Bertz CT molecular complexity index is 1020. The number of nitrogens with zero attached hydrogens (tertiary/aromatic N) is 4. The number of aromatic nitrogens is 1. The number of ether oxygens (including phenoxy) is 2. The first-order chi connectivity index (χ1) is 14.6. The van der Waals surface area contributed by atoms with Crippen LogP contribution >= 0.6 is 0 Å². The molecule has 1 amide bonds. The molecule has 0 unspecified atom stereocenters. The SMILES string of the molecule is [C-]#[N+]c1ccc(OC2CC2)c(-c2cnc(C(=O)N[C@@H]3C[C@@H](COC)N(C#N)C3)o2)c1. The van der Waals surface area contributed by atoms with Gasteiger partial charge in [0.15, 0.2) is 17.6 Å². The molecule has 9 nitrogen and oxygen atoms in total. The zero-order valence-corrected chi connectivity index (χ0v) is 16.5. The van der Waals surface area contributed by atoms with Gasteiger partial charge in [-0.15, -0.1) is 0 Å². The molecule has 154 valence electrons. The molecular weight excluding hydrogens is 386 g/mol. The van der Waals surface area contributed by atoms with Crippen molar-refractivity contribution in [2.75, 3.05) is 20.3 Å². The molecule has 1 aliphatic heterocycles. The minimum absolute atomic E-state index is 0.0658. The molecular formula is C21H21N5O4. The first-order valence-electron chi connectivity index (χ1n) is 9.71. The molecule has 1 saturated heterocycles. The lowest BCUT2D eigenvalue weighted by atomic mass is 10.1. The molecule has 2 fully saturated rings. The van der Waals surface area contributed by atoms with Crippen molar-refractivity contribution in [2.45, 2.75) is 37.5 Å². The number of hydrogen-bond acceptors (Lipinski definition) is 7. The van der Waals surface area contributed by atoms with E-state index in [0.717, 1.165) is 12.8 Å². The van der Waals surface area contributed by atoms with Gasteiger partial charge in [-0.2, -0.15) is 5.26 Å². The van der Waals surface area contributed by atoms with Gasteiger partial charge in [0.05, 0.1) is 37.1 Å². The molecule has 4 rings (SSSR count). The number of rotatable bonds is 7. The number of oxazole rings is 1. The highest BCUT2D eigenvalue weighted by Crippen LogP contribution is 2.37. The number of carbonyl (C=O) groups excluding carboxylic acids is 1. The molecule has 1 saturated carbocycles. The molecule has 2 heterocycles. The van der Waals surface area contributed by atoms with Gasteiger partial charge in [-0.05, 0) is 31.4 Å². The smallest absolute Gasteiger partial charge is 0.307 e. The summed E-state index contributed by atoms with van der Waals surface area (Å²) in [6.07, 6.45) is 6.37. The number of amides is 1. The van der Waals surface area contributed by atoms with Crippen LogP contribution in [0.15, 0.2) is 28.8 Å². The summed E-state index contributed by atoms with van der Waals surface area (Å²) in [5.41, 5.74) is 1.04. The fraction of sp³-hybridized carbons (Fsp3) is 0.429. The molecule has 1 aromatic heterocycles. The predicted octanol–water partition coefficient (Wildman–Crippen LogP) is 2.73. The maximum absolute atomic E-state index is 12.6. The molecule has 1 aromatic carbocycles. The van der Waals surface area contributed by atoms with Crippen molar-refractivity contribution in [3.05, 3.63) is 41.7 Å². The van der Waals surface area contributed by atoms with E-state index in [0.29, 0.717) is 42.3 Å². The van der Waals surface area contributed by atoms with Gasteiger partial charge in [-0.25, -0.2) is 9.83 Å². The molecule has 2 atom stereocenters. The van der Waals surface area contributed by atoms with Crippen molar-refractivity contribution >= 4 is 11.6 Å². The van der Waals surface area contributed by atoms with E-state index in [-0.39, 0.29) is 24.1 Å². The van der Waals surface area contributed by atoms with E-state index in [9.17, 15) is 10.1 Å². The number of nitrogens with one attached hydrogen (secondary N) is 1. The van der Waals surface area contributed by atoms with Gasteiger partial charge in [0.25, 0.3) is 5.89 Å². The topological polar surface area (TPSA) is 105 Å². The summed E-state index contributed by atoms with van der Waals surface area (Å²) >= 11 is 0. The lowest BCUT2D eigenvalue weighted by molar-refractivity contribution is 0.0904. The third kappa shape index (κ3) is 4.22. The second-order valence-electron chi connectivity index (χ2n) is 7.41. The molecule has 2 aromatic rings. The lowest BCUT2D eigenvalue weighted by Crippen LogP contribution is -2.36. The van der Waals surface area contributed by atoms with Gasteiger partial charge in [0, 0.05) is 19.7 Å². The first kappa shape index (κ1) is 19.7. The van der Waals surface area contributed by atoms with Crippen LogP contribution in [0.1, 0.15) is 29.9 Å². The van der Waals surface area contributed by atoms with E-state index >= 15 is 0 Å². The zero-order valence-electron chi connectivity index (χ0n) is 16.5. The Balaban J connectivity index is 1.49. The van der Waals surface area contributed by atoms with Crippen LogP contribution in [0.5, 0.6) is 5.75 Å². The third-order valence-electron chi connectivity index (χ3n) is 5.11. The van der Waals surface area contributed by atoms with E-state index in [1.165, 1.54) is 6.20 Å². The number of hydrogen-bond donors (Lipinski definition) is 1. The molecule has 0 bridgehead atoms. The normalized spacial score (nSPS) is 20.4. The number of methoxy groups -OCH3 is 1. The molecule has 0 spiro atoms. The highest BCUT2D eigenvalue weighted by Gasteiger charge is 2.33. The second kappa shape index (κ2) is 8.44. The summed E-state index contributed by atoms with van der Waals surface area (Å²) in [4.78, 5) is 21.8. The van der Waals surface area contributed by atoms with Gasteiger partial charge < -0.3 is 24.1 Å². The van der Waals surface area contributed by atoms with Crippen LogP contribution in [-0.4, -0.2) is 54.2 Å². The van der Waals surface area contributed by atoms with E-state index < -0.39 is 5.91 Å². The minimum atomic E-state index is -0.451. The zero-order chi connectivity index (χ0) is 21.1. The van der Waals surface area contributed by atoms with Crippen LogP contribution in [0.3, 0.4) is 0 Å². The Morgan fingerprint density at radius 2 is 2.33 bits per heavy atom. The van der Waals surface area contributed by atoms with Crippen LogP contribution in [-0.2, 0) is 4.74 Å². The number of likely N-dealkylation sites (tertiary alicyclic amines) is 1. The summed E-state index contributed by atoms with van der Waals surface area (Å²) in [5, 5.41) is 12.1. The van der Waals surface area contributed by atoms with Gasteiger partial charge >= 0.3 is 5.91 Å². The average Bonchev–Trinajstić information content (AvgIpc) is 3.28. The maximum Gasteiger partial charge on any atom is 0.307 e. The van der Waals surface area contributed by atoms with Gasteiger partial charge in [0.1, 0.15) is 5.75 Å². The van der Waals surface area contributed by atoms with Crippen molar-refractivity contribution in [3.8, 4) is 23.3 Å². The van der Waals surface area contributed by atoms with E-state index in [2.05, 4.69) is 21.3 Å². The Morgan fingerprint density at radius 1 is 1.50 bits per heavy atom. The summed E-state index contributed by atoms with van der Waals surface area (Å²) in [5.74, 6) is 0.446. The molecule has 2 aliphatic rings. The Morgan fingerprint density at radius 3 is 3.03 bits per heavy atom. The maximum atomic E-state index is 12.6. The Kier molecular flexibility index (Phi) is 5.55. The van der Waals surface area contributed by atoms with E-state index in [4.69, 9.17) is 20.5 Å². The summed E-state index contributed by atoms with van der Waals surface area (Å²) in [6, 6.07) is 4.84. The van der Waals surface area contributed by atoms with Crippen LogP contribution < -0.4 is 10.1 Å². The molecule has 1 N–H and O–H groups in total. The molecule has 30 heavy (non-hydrogen) atoms. The van der Waals surface area contributed by atoms with Crippen molar-refractivity contribution in [1.82, 2.24) is 15.2 Å². The third-order valence-corrected chi connectivity index (χ3v) is 5.11. The van der Waals surface area contributed by atoms with E-state index in [1.54, 1.807) is 30.2 Å². The van der Waals surface area contributed by atoms with Crippen molar-refractivity contribution in [3.63, 3.8) is 0 Å². The Labute approximate surface area is 174 Å². The van der Waals surface area contributed by atoms with Crippen molar-refractivity contribution in [2.24, 2.45) is 0 Å². The van der Waals surface area contributed by atoms with E-state index in [1.807, 2.05) is 0 Å². The number of carbonyl (C=O) groups is 1. The Hall–Kier alpha value is -3.56. The van der Waals surface area contributed by atoms with Crippen LogP contribution in [0.2, 0.25) is 0 Å². The predicted molar refractivity (Wildman–Crippen MR) is 106 cm³/mol. The summed E-state index contributed by atoms with van der Waals surface area (Å²) < 4.78 is 16.8. The van der Waals surface area contributed by atoms with Gasteiger partial charge in [-0.1, -0.05) is 6.07 Å². The molecule has 1 aliphatic carbocycles. The average molecular weight is 407 g/mol. The summed E-state index contributed by atoms with van der Waals surface area (Å²) in [6.45, 7) is 8.08. The fourth-order valence-electron chi connectivity index (χ4n) is 3.49. The number of nitriles is 1. The quantitative estimate of drug-likeness (QED) is 0.556. The number of benzene rings is 1. The van der Waals surface area contributed by atoms with Crippen LogP contribution in [0.25, 0.3) is 16.2 Å². The highest BCUT2D eigenvalue weighted by atomic mass is 16.5. The summed E-state index contributed by atoms with van der Waals surface area (Å²) in [7, 11) is 1.58. The lowest BCUT2D eigenvalue weighted by Gasteiger charge is -2.15. The van der Waals surface area contributed by atoms with Crippen LogP contribution in [0.4, 0.5) is 5.69 Å². The minimum Gasteiger partial charge on any atom is -0.490 e. The highest BCUT2D eigenvalue weighted by molar-refractivity contribution is 5.90. The first-order valence-corrected chi connectivity index (χ1v) is 9.71. The molecule has 9 heteroatoms. The van der Waals surface area contributed by atoms with Crippen molar-refractivity contribution in [1.29, 1.82) is 5.26 Å². The van der Waals surface area contributed by atoms with Crippen molar-refractivity contribution < 1.29 is 18.7 Å². The molecule has 0 radical (unpaired) electrons. The van der Waals surface area contributed by atoms with Crippen LogP contribution in [0, 0.1) is 18.0 Å². The second-order valence-corrected chi connectivity index (χ2v) is 7.41. The standard InChI is InChI=1S/C21H21N5O4/c1-23-13-3-6-18(29-16-4-5-16)17(8-13)19-9-24-21(30-19)20(27)25-14-7-15(11-28-2)26(10-14)12-22/h3,6,8-9,14-16H,4-5,7,10-11H2,2H3,(H,25,27)/t14-,15+/m1/s1. The fourth-order valence-corrected chi connectivity index (χ4v) is 3.49. The monoisotopic (exact) mass is 407 g/mol. The van der Waals surface area contributed by atoms with Gasteiger partial charge in [0.2, 0.25) is 0 Å².